The van der Waals surface area contributed by atoms with Crippen molar-refractivity contribution in [3.63, 3.8) is 0 Å². The molecule has 3 nitrogen and oxygen atoms in total. The van der Waals surface area contributed by atoms with E-state index in [0.717, 1.165) is 25.9 Å². The van der Waals surface area contributed by atoms with Gasteiger partial charge in [-0.25, -0.2) is 0 Å². The number of aldehydes is 1. The highest BCUT2D eigenvalue weighted by Gasteiger charge is 2.29. The second-order valence-electron chi connectivity index (χ2n) is 5.66. The minimum absolute atomic E-state index is 0.213. The van der Waals surface area contributed by atoms with Gasteiger partial charge in [0.15, 0.2) is 0 Å². The van der Waals surface area contributed by atoms with Gasteiger partial charge in [-0.05, 0) is 20.9 Å². The highest BCUT2D eigenvalue weighted by molar-refractivity contribution is 5.58. The van der Waals surface area contributed by atoms with E-state index in [4.69, 9.17) is 0 Å². The molecule has 88 valence electrons. The monoisotopic (exact) mass is 212 g/mol. The Balaban J connectivity index is 2.55. The molecule has 0 N–H and O–H groups in total. The van der Waals surface area contributed by atoms with Gasteiger partial charge in [0.2, 0.25) is 0 Å². The largest absolute Gasteiger partial charge is 0.303 e. The number of carbonyl (C=O) groups excluding carboxylic acids is 1. The topological polar surface area (TPSA) is 23.6 Å². The predicted octanol–water partition coefficient (Wildman–Crippen LogP) is 1.24. The van der Waals surface area contributed by atoms with Gasteiger partial charge in [-0.3, -0.25) is 9.80 Å². The SMILES string of the molecule is C[C@@H]1CN(CC(C)(C)C=O)C[C@H](C)N1C. The van der Waals surface area contributed by atoms with E-state index in [1.54, 1.807) is 0 Å². The first kappa shape index (κ1) is 12.7. The Morgan fingerprint density at radius 2 is 1.73 bits per heavy atom. The van der Waals surface area contributed by atoms with Crippen molar-refractivity contribution in [2.45, 2.75) is 39.8 Å². The maximum atomic E-state index is 10.9. The molecule has 1 heterocycles. The van der Waals surface area contributed by atoms with Crippen LogP contribution in [0.15, 0.2) is 0 Å². The van der Waals surface area contributed by atoms with Crippen molar-refractivity contribution >= 4 is 6.29 Å². The van der Waals surface area contributed by atoms with Crippen molar-refractivity contribution < 1.29 is 4.79 Å². The summed E-state index contributed by atoms with van der Waals surface area (Å²) in [6, 6.07) is 1.16. The van der Waals surface area contributed by atoms with Gasteiger partial charge in [-0.1, -0.05) is 13.8 Å². The zero-order valence-electron chi connectivity index (χ0n) is 10.7. The first-order valence-corrected chi connectivity index (χ1v) is 5.76. The third kappa shape index (κ3) is 3.28. The molecule has 0 aliphatic carbocycles. The van der Waals surface area contributed by atoms with Crippen LogP contribution < -0.4 is 0 Å². The van der Waals surface area contributed by atoms with Crippen LogP contribution in [0.5, 0.6) is 0 Å². The molecule has 1 aliphatic heterocycles. The summed E-state index contributed by atoms with van der Waals surface area (Å²) in [6.45, 7) is 11.5. The van der Waals surface area contributed by atoms with Crippen LogP contribution in [0.2, 0.25) is 0 Å². The molecule has 0 aromatic heterocycles. The highest BCUT2D eigenvalue weighted by atomic mass is 16.1. The third-order valence-electron chi connectivity index (χ3n) is 3.39. The summed E-state index contributed by atoms with van der Waals surface area (Å²) in [7, 11) is 2.18. The van der Waals surface area contributed by atoms with Gasteiger partial charge in [0.05, 0.1) is 0 Å². The van der Waals surface area contributed by atoms with E-state index in [1.807, 2.05) is 13.8 Å². The minimum Gasteiger partial charge on any atom is -0.303 e. The van der Waals surface area contributed by atoms with Crippen molar-refractivity contribution in [3.8, 4) is 0 Å². The smallest absolute Gasteiger partial charge is 0.126 e. The number of carbonyl (C=O) groups is 1. The second-order valence-corrected chi connectivity index (χ2v) is 5.66. The van der Waals surface area contributed by atoms with Crippen LogP contribution in [-0.4, -0.2) is 54.9 Å². The fourth-order valence-corrected chi connectivity index (χ4v) is 2.26. The molecule has 0 saturated carbocycles. The zero-order chi connectivity index (χ0) is 11.6. The van der Waals surface area contributed by atoms with Crippen molar-refractivity contribution in [2.24, 2.45) is 5.41 Å². The summed E-state index contributed by atoms with van der Waals surface area (Å²) >= 11 is 0. The summed E-state index contributed by atoms with van der Waals surface area (Å²) in [5.41, 5.74) is -0.213. The Hall–Kier alpha value is -0.410. The number of hydrogen-bond acceptors (Lipinski definition) is 3. The molecule has 0 aromatic rings. The normalized spacial score (nSPS) is 30.5. The quantitative estimate of drug-likeness (QED) is 0.658. The average Bonchev–Trinajstić information content (AvgIpc) is 2.13. The summed E-state index contributed by atoms with van der Waals surface area (Å²) in [5, 5.41) is 0. The van der Waals surface area contributed by atoms with E-state index >= 15 is 0 Å². The van der Waals surface area contributed by atoms with Crippen LogP contribution in [-0.2, 0) is 4.79 Å². The molecule has 0 radical (unpaired) electrons. The van der Waals surface area contributed by atoms with Crippen molar-refractivity contribution in [1.82, 2.24) is 9.80 Å². The van der Waals surface area contributed by atoms with E-state index in [9.17, 15) is 4.79 Å². The van der Waals surface area contributed by atoms with E-state index in [1.165, 1.54) is 0 Å². The minimum atomic E-state index is -0.213. The maximum absolute atomic E-state index is 10.9. The van der Waals surface area contributed by atoms with Gasteiger partial charge in [0.1, 0.15) is 6.29 Å². The predicted molar refractivity (Wildman–Crippen MR) is 63.0 cm³/mol. The summed E-state index contributed by atoms with van der Waals surface area (Å²) in [4.78, 5) is 15.7. The molecule has 3 heteroatoms. The third-order valence-corrected chi connectivity index (χ3v) is 3.39. The van der Waals surface area contributed by atoms with Gasteiger partial charge >= 0.3 is 0 Å². The van der Waals surface area contributed by atoms with Crippen LogP contribution in [0.4, 0.5) is 0 Å². The number of likely N-dealkylation sites (N-methyl/N-ethyl adjacent to an activating group) is 1. The number of hydrogen-bond donors (Lipinski definition) is 0. The molecule has 0 bridgehead atoms. The van der Waals surface area contributed by atoms with Crippen LogP contribution in [0.25, 0.3) is 0 Å². The van der Waals surface area contributed by atoms with Crippen LogP contribution in [0.1, 0.15) is 27.7 Å². The number of piperazine rings is 1. The first-order valence-electron chi connectivity index (χ1n) is 5.76. The molecule has 0 aromatic carbocycles. The average molecular weight is 212 g/mol. The Labute approximate surface area is 93.4 Å². The molecular weight excluding hydrogens is 188 g/mol. The molecule has 0 unspecified atom stereocenters. The van der Waals surface area contributed by atoms with E-state index in [0.29, 0.717) is 12.1 Å². The van der Waals surface area contributed by atoms with E-state index in [2.05, 4.69) is 30.7 Å². The molecular formula is C12H24N2O. The van der Waals surface area contributed by atoms with Crippen LogP contribution in [0, 0.1) is 5.41 Å². The standard InChI is InChI=1S/C12H24N2O/c1-10-6-14(7-11(2)13(10)5)8-12(3,4)9-15/h9-11H,6-8H2,1-5H3/t10-,11+. The summed E-state index contributed by atoms with van der Waals surface area (Å²) in [6.07, 6.45) is 1.07. The van der Waals surface area contributed by atoms with Crippen molar-refractivity contribution in [3.05, 3.63) is 0 Å². The lowest BCUT2D eigenvalue weighted by Gasteiger charge is -2.44. The molecule has 1 fully saturated rings. The van der Waals surface area contributed by atoms with Gasteiger partial charge in [-0.2, -0.15) is 0 Å². The first-order chi connectivity index (χ1) is 6.85. The molecule has 1 aliphatic rings. The lowest BCUT2D eigenvalue weighted by Crippen LogP contribution is -2.56. The summed E-state index contributed by atoms with van der Waals surface area (Å²) < 4.78 is 0. The molecule has 15 heavy (non-hydrogen) atoms. The van der Waals surface area contributed by atoms with Crippen LogP contribution in [0.3, 0.4) is 0 Å². The van der Waals surface area contributed by atoms with Crippen molar-refractivity contribution in [2.75, 3.05) is 26.7 Å². The van der Waals surface area contributed by atoms with Gasteiger partial charge in [0, 0.05) is 37.1 Å². The fourth-order valence-electron chi connectivity index (χ4n) is 2.26. The lowest BCUT2D eigenvalue weighted by molar-refractivity contribution is -0.116. The number of rotatable bonds is 3. The van der Waals surface area contributed by atoms with E-state index < -0.39 is 0 Å². The Bertz CT molecular complexity index is 216. The maximum Gasteiger partial charge on any atom is 0.126 e. The second kappa shape index (κ2) is 4.62. The molecule has 1 rings (SSSR count). The van der Waals surface area contributed by atoms with Gasteiger partial charge < -0.3 is 4.79 Å². The van der Waals surface area contributed by atoms with Crippen molar-refractivity contribution in [1.29, 1.82) is 0 Å². The highest BCUT2D eigenvalue weighted by Crippen LogP contribution is 2.19. The van der Waals surface area contributed by atoms with Gasteiger partial charge in [0.25, 0.3) is 0 Å². The van der Waals surface area contributed by atoms with Crippen LogP contribution >= 0.6 is 0 Å². The lowest BCUT2D eigenvalue weighted by atomic mass is 9.94. The van der Waals surface area contributed by atoms with E-state index in [-0.39, 0.29) is 5.41 Å². The Morgan fingerprint density at radius 1 is 1.27 bits per heavy atom. The molecule has 0 amide bonds. The molecule has 1 saturated heterocycles. The Kier molecular flexibility index (Phi) is 3.90. The zero-order valence-corrected chi connectivity index (χ0v) is 10.7. The Morgan fingerprint density at radius 3 is 2.13 bits per heavy atom. The number of nitrogens with zero attached hydrogens (tertiary/aromatic N) is 2. The van der Waals surface area contributed by atoms with Gasteiger partial charge in [-0.15, -0.1) is 0 Å². The fraction of sp³-hybridized carbons (Fsp3) is 0.917. The molecule has 2 atom stereocenters. The molecule has 0 spiro atoms. The summed E-state index contributed by atoms with van der Waals surface area (Å²) in [5.74, 6) is 0.